The molecule has 1 fully saturated rings. The number of piperazine rings is 1. The molecular formula is C22H32N4O3S. The number of likely N-dealkylation sites (N-methyl/N-ethyl adjacent to an activating group) is 1. The lowest BCUT2D eigenvalue weighted by molar-refractivity contribution is -0.118. The third-order valence-electron chi connectivity index (χ3n) is 5.44. The summed E-state index contributed by atoms with van der Waals surface area (Å²) in [4.78, 5) is 21.4. The predicted octanol–water partition coefficient (Wildman–Crippen LogP) is 1.96. The topological polar surface area (TPSA) is 78.7 Å². The highest BCUT2D eigenvalue weighted by Gasteiger charge is 2.17. The summed E-state index contributed by atoms with van der Waals surface area (Å²) < 4.78 is 18.2. The molecule has 3 rings (SSSR count). The minimum absolute atomic E-state index is 0.0181. The zero-order chi connectivity index (χ0) is 21.5. The molecule has 164 valence electrons. The summed E-state index contributed by atoms with van der Waals surface area (Å²) in [6, 6.07) is 7.91. The van der Waals surface area contributed by atoms with Crippen molar-refractivity contribution in [3.8, 4) is 11.5 Å². The van der Waals surface area contributed by atoms with E-state index in [1.165, 1.54) is 0 Å². The van der Waals surface area contributed by atoms with Gasteiger partial charge in [-0.3, -0.25) is 13.9 Å². The molecule has 0 spiro atoms. The van der Waals surface area contributed by atoms with Gasteiger partial charge < -0.3 is 14.6 Å². The molecule has 0 aliphatic carbocycles. The van der Waals surface area contributed by atoms with Crippen molar-refractivity contribution in [3.05, 3.63) is 41.3 Å². The predicted molar refractivity (Wildman–Crippen MR) is 120 cm³/mol. The first-order valence-electron chi connectivity index (χ1n) is 10.5. The Kier molecular flexibility index (Phi) is 8.18. The van der Waals surface area contributed by atoms with Gasteiger partial charge in [-0.2, -0.15) is 0 Å². The van der Waals surface area contributed by atoms with Crippen LogP contribution in [0.2, 0.25) is 0 Å². The number of hydrogen-bond donors (Lipinski definition) is 1. The second-order valence-electron chi connectivity index (χ2n) is 7.74. The van der Waals surface area contributed by atoms with Gasteiger partial charge in [0.05, 0.1) is 11.4 Å². The van der Waals surface area contributed by atoms with Crippen LogP contribution in [0.4, 0.5) is 0 Å². The average molecular weight is 433 g/mol. The molecule has 1 saturated heterocycles. The highest BCUT2D eigenvalue weighted by Crippen LogP contribution is 2.22. The standard InChI is InChI=1S/C22H32N4O3S/c1-4-25-11-13-26(14-12-25)10-9-23-21(27)16-30(28)15-20-18(3)29-22(24-20)19-7-5-17(2)6-8-19/h5-8H,4,9-16H2,1-3H3,(H,23,27)/t30-/m0/s1. The summed E-state index contributed by atoms with van der Waals surface area (Å²) >= 11 is 0. The number of oxazole rings is 1. The highest BCUT2D eigenvalue weighted by atomic mass is 32.2. The molecule has 1 aliphatic rings. The Morgan fingerprint density at radius 3 is 2.47 bits per heavy atom. The Morgan fingerprint density at radius 2 is 1.80 bits per heavy atom. The monoisotopic (exact) mass is 432 g/mol. The van der Waals surface area contributed by atoms with Crippen LogP contribution in [-0.4, -0.2) is 76.5 Å². The molecular weight excluding hydrogens is 400 g/mol. The Bertz CT molecular complexity index is 858. The second kappa shape index (κ2) is 10.8. The van der Waals surface area contributed by atoms with E-state index in [1.54, 1.807) is 0 Å². The largest absolute Gasteiger partial charge is 0.441 e. The summed E-state index contributed by atoms with van der Waals surface area (Å²) in [6.45, 7) is 12.8. The van der Waals surface area contributed by atoms with Crippen molar-refractivity contribution in [2.75, 3.05) is 51.6 Å². The van der Waals surface area contributed by atoms with Crippen molar-refractivity contribution < 1.29 is 13.4 Å². The van der Waals surface area contributed by atoms with E-state index in [2.05, 4.69) is 27.0 Å². The molecule has 0 bridgehead atoms. The van der Waals surface area contributed by atoms with E-state index in [0.29, 0.717) is 23.9 Å². The summed E-state index contributed by atoms with van der Waals surface area (Å²) in [5.41, 5.74) is 2.70. The van der Waals surface area contributed by atoms with Crippen molar-refractivity contribution in [2.45, 2.75) is 26.5 Å². The number of aryl methyl sites for hydroxylation is 2. The summed E-state index contributed by atoms with van der Waals surface area (Å²) in [7, 11) is -1.33. The molecule has 1 atom stereocenters. The highest BCUT2D eigenvalue weighted by molar-refractivity contribution is 7.84. The minimum Gasteiger partial charge on any atom is -0.441 e. The molecule has 8 heteroatoms. The summed E-state index contributed by atoms with van der Waals surface area (Å²) in [6.07, 6.45) is 0. The van der Waals surface area contributed by atoms with Gasteiger partial charge in [0.15, 0.2) is 0 Å². The normalized spacial score (nSPS) is 16.5. The van der Waals surface area contributed by atoms with Crippen LogP contribution in [0, 0.1) is 13.8 Å². The van der Waals surface area contributed by atoms with Gasteiger partial charge in [0.2, 0.25) is 11.8 Å². The number of carbonyl (C=O) groups is 1. The molecule has 1 N–H and O–H groups in total. The van der Waals surface area contributed by atoms with Crippen LogP contribution in [0.15, 0.2) is 28.7 Å². The van der Waals surface area contributed by atoms with Gasteiger partial charge in [0.25, 0.3) is 0 Å². The van der Waals surface area contributed by atoms with Crippen LogP contribution in [0.1, 0.15) is 23.9 Å². The van der Waals surface area contributed by atoms with Gasteiger partial charge in [-0.1, -0.05) is 24.6 Å². The van der Waals surface area contributed by atoms with E-state index in [4.69, 9.17) is 4.42 Å². The van der Waals surface area contributed by atoms with Crippen molar-refractivity contribution >= 4 is 16.7 Å². The Labute approximate surface area is 181 Å². The lowest BCUT2D eigenvalue weighted by atomic mass is 10.1. The molecule has 1 aromatic heterocycles. The van der Waals surface area contributed by atoms with Gasteiger partial charge in [-0.05, 0) is 32.5 Å². The van der Waals surface area contributed by atoms with Gasteiger partial charge >= 0.3 is 0 Å². The van der Waals surface area contributed by atoms with E-state index in [0.717, 1.165) is 50.4 Å². The maximum absolute atomic E-state index is 12.5. The molecule has 0 unspecified atom stereocenters. The van der Waals surface area contributed by atoms with Crippen molar-refractivity contribution in [3.63, 3.8) is 0 Å². The molecule has 1 aromatic carbocycles. The van der Waals surface area contributed by atoms with Crippen LogP contribution >= 0.6 is 0 Å². The molecule has 0 saturated carbocycles. The zero-order valence-corrected chi connectivity index (χ0v) is 19.0. The maximum Gasteiger partial charge on any atom is 0.232 e. The SMILES string of the molecule is CCN1CCN(CCNC(=O)C[S@@](=O)Cc2nc(-c3ccc(C)cc3)oc2C)CC1. The van der Waals surface area contributed by atoms with E-state index < -0.39 is 10.8 Å². The molecule has 1 amide bonds. The Hall–Kier alpha value is -2.03. The van der Waals surface area contributed by atoms with Crippen LogP contribution in [0.5, 0.6) is 0 Å². The van der Waals surface area contributed by atoms with E-state index in [9.17, 15) is 9.00 Å². The first-order valence-corrected chi connectivity index (χ1v) is 12.0. The molecule has 1 aliphatic heterocycles. The lowest BCUT2D eigenvalue weighted by Crippen LogP contribution is -2.48. The van der Waals surface area contributed by atoms with Gasteiger partial charge in [-0.15, -0.1) is 0 Å². The number of nitrogens with zero attached hydrogens (tertiary/aromatic N) is 3. The summed E-state index contributed by atoms with van der Waals surface area (Å²) in [5, 5.41) is 2.89. The Balaban J connectivity index is 1.42. The fraction of sp³-hybridized carbons (Fsp3) is 0.545. The third kappa shape index (κ3) is 6.48. The molecule has 0 radical (unpaired) electrons. The first kappa shape index (κ1) is 22.7. The van der Waals surface area contributed by atoms with Gasteiger partial charge in [-0.25, -0.2) is 4.98 Å². The average Bonchev–Trinajstić information content (AvgIpc) is 3.09. The van der Waals surface area contributed by atoms with Crippen LogP contribution in [-0.2, 0) is 21.3 Å². The van der Waals surface area contributed by atoms with Crippen LogP contribution in [0.3, 0.4) is 0 Å². The van der Waals surface area contributed by atoms with Crippen molar-refractivity contribution in [1.82, 2.24) is 20.1 Å². The second-order valence-corrected chi connectivity index (χ2v) is 9.20. The van der Waals surface area contributed by atoms with Crippen LogP contribution in [0.25, 0.3) is 11.5 Å². The quantitative estimate of drug-likeness (QED) is 0.653. The fourth-order valence-corrected chi connectivity index (χ4v) is 4.53. The number of aromatic nitrogens is 1. The summed E-state index contributed by atoms with van der Waals surface area (Å²) in [5.74, 6) is 1.18. The number of hydrogen-bond acceptors (Lipinski definition) is 6. The minimum atomic E-state index is -1.33. The fourth-order valence-electron chi connectivity index (χ4n) is 3.46. The number of rotatable bonds is 9. The zero-order valence-electron chi connectivity index (χ0n) is 18.1. The third-order valence-corrected chi connectivity index (χ3v) is 6.62. The molecule has 2 heterocycles. The molecule has 7 nitrogen and oxygen atoms in total. The maximum atomic E-state index is 12.5. The van der Waals surface area contributed by atoms with Crippen LogP contribution < -0.4 is 5.32 Å². The van der Waals surface area contributed by atoms with E-state index in [-0.39, 0.29) is 17.4 Å². The van der Waals surface area contributed by atoms with Gasteiger partial charge in [0, 0.05) is 55.6 Å². The van der Waals surface area contributed by atoms with E-state index >= 15 is 0 Å². The van der Waals surface area contributed by atoms with E-state index in [1.807, 2.05) is 38.1 Å². The molecule has 2 aromatic rings. The van der Waals surface area contributed by atoms with Crippen molar-refractivity contribution in [1.29, 1.82) is 0 Å². The van der Waals surface area contributed by atoms with Crippen molar-refractivity contribution in [2.24, 2.45) is 0 Å². The number of nitrogens with one attached hydrogen (secondary N) is 1. The smallest absolute Gasteiger partial charge is 0.232 e. The first-order chi connectivity index (χ1) is 14.4. The Morgan fingerprint density at radius 1 is 1.13 bits per heavy atom. The molecule has 30 heavy (non-hydrogen) atoms. The number of amides is 1. The lowest BCUT2D eigenvalue weighted by Gasteiger charge is -2.33. The number of carbonyl (C=O) groups excluding carboxylic acids is 1. The van der Waals surface area contributed by atoms with Gasteiger partial charge in [0.1, 0.15) is 11.5 Å². The number of benzene rings is 1.